The summed E-state index contributed by atoms with van der Waals surface area (Å²) in [6.07, 6.45) is 1.42. The van der Waals surface area contributed by atoms with Gasteiger partial charge >= 0.3 is 0 Å². The molecule has 1 unspecified atom stereocenters. The van der Waals surface area contributed by atoms with Gasteiger partial charge in [-0.15, -0.1) is 5.10 Å². The van der Waals surface area contributed by atoms with Crippen molar-refractivity contribution < 1.29 is 24.2 Å². The maximum Gasteiger partial charge on any atom is 0.247 e. The largest absolute Gasteiger partial charge is 0.502 e. The second kappa shape index (κ2) is 9.84. The number of aromatic hydroxyl groups is 1. The van der Waals surface area contributed by atoms with E-state index in [1.165, 1.54) is 20.4 Å². The topological polar surface area (TPSA) is 127 Å². The maximum absolute atomic E-state index is 12.7. The molecule has 1 atom stereocenters. The molecule has 1 aliphatic rings. The van der Waals surface area contributed by atoms with Crippen LogP contribution in [0.4, 0.5) is 5.69 Å². The predicted octanol–water partition coefficient (Wildman–Crippen LogP) is 2.89. The van der Waals surface area contributed by atoms with Crippen LogP contribution in [0.15, 0.2) is 51.1 Å². The zero-order valence-electron chi connectivity index (χ0n) is 16.6. The van der Waals surface area contributed by atoms with E-state index in [0.29, 0.717) is 11.3 Å². The van der Waals surface area contributed by atoms with E-state index in [-0.39, 0.29) is 40.7 Å². The van der Waals surface area contributed by atoms with Crippen LogP contribution in [0.1, 0.15) is 12.0 Å². The van der Waals surface area contributed by atoms with Crippen molar-refractivity contribution in [3.05, 3.63) is 46.4 Å². The van der Waals surface area contributed by atoms with E-state index in [4.69, 9.17) is 15.2 Å². The molecule has 1 aliphatic heterocycles. The lowest BCUT2D eigenvalue weighted by Gasteiger charge is -2.14. The Morgan fingerprint density at radius 2 is 1.84 bits per heavy atom. The van der Waals surface area contributed by atoms with Crippen molar-refractivity contribution in [2.75, 3.05) is 19.1 Å². The first-order chi connectivity index (χ1) is 14.8. The SMILES string of the molecule is COc1cc(/C=N/N=C(\N)SC2CC(=O)N(c3ccc(Br)cc3)C2=O)cc(OC)c1O. The number of phenols is 1. The Labute approximate surface area is 191 Å². The number of carbonyl (C=O) groups is 2. The van der Waals surface area contributed by atoms with Crippen molar-refractivity contribution in [3.63, 3.8) is 0 Å². The molecule has 0 bridgehead atoms. The Morgan fingerprint density at radius 1 is 1.23 bits per heavy atom. The van der Waals surface area contributed by atoms with Crippen molar-refractivity contribution in [1.29, 1.82) is 0 Å². The predicted molar refractivity (Wildman–Crippen MR) is 123 cm³/mol. The summed E-state index contributed by atoms with van der Waals surface area (Å²) < 4.78 is 11.0. The third kappa shape index (κ3) is 5.17. The molecule has 2 aromatic carbocycles. The molecule has 0 aliphatic carbocycles. The molecular formula is C20H19BrN4O5S. The summed E-state index contributed by atoms with van der Waals surface area (Å²) in [5.74, 6) is -0.345. The van der Waals surface area contributed by atoms with Crippen LogP contribution in [-0.2, 0) is 9.59 Å². The summed E-state index contributed by atoms with van der Waals surface area (Å²) in [7, 11) is 2.83. The molecule has 1 fully saturated rings. The average molecular weight is 507 g/mol. The lowest BCUT2D eigenvalue weighted by atomic mass is 10.2. The number of hydrogen-bond donors (Lipinski definition) is 2. The van der Waals surface area contributed by atoms with Crippen LogP contribution >= 0.6 is 27.7 Å². The third-order valence-electron chi connectivity index (χ3n) is 4.32. The van der Waals surface area contributed by atoms with Crippen molar-refractivity contribution in [2.24, 2.45) is 15.9 Å². The molecule has 3 rings (SSSR count). The Morgan fingerprint density at radius 3 is 2.42 bits per heavy atom. The van der Waals surface area contributed by atoms with Crippen molar-refractivity contribution in [2.45, 2.75) is 11.7 Å². The van der Waals surface area contributed by atoms with Crippen LogP contribution in [0.5, 0.6) is 17.2 Å². The summed E-state index contributed by atoms with van der Waals surface area (Å²) >= 11 is 4.30. The number of ether oxygens (including phenoxy) is 2. The monoisotopic (exact) mass is 506 g/mol. The molecule has 0 aromatic heterocycles. The van der Waals surface area contributed by atoms with E-state index >= 15 is 0 Å². The number of rotatable bonds is 6. The fourth-order valence-electron chi connectivity index (χ4n) is 2.87. The van der Waals surface area contributed by atoms with E-state index in [9.17, 15) is 14.7 Å². The molecule has 0 spiro atoms. The lowest BCUT2D eigenvalue weighted by Crippen LogP contribution is -2.31. The molecular weight excluding hydrogens is 488 g/mol. The van der Waals surface area contributed by atoms with Gasteiger partial charge < -0.3 is 20.3 Å². The molecule has 2 aromatic rings. The molecule has 31 heavy (non-hydrogen) atoms. The van der Waals surface area contributed by atoms with Crippen LogP contribution in [0, 0.1) is 0 Å². The molecule has 0 saturated carbocycles. The number of hydrogen-bond acceptors (Lipinski definition) is 8. The number of amides is 2. The first-order valence-electron chi connectivity index (χ1n) is 8.94. The number of phenolic OH excluding ortho intramolecular Hbond substituents is 1. The molecule has 162 valence electrons. The number of benzene rings is 2. The van der Waals surface area contributed by atoms with E-state index < -0.39 is 5.25 Å². The highest BCUT2D eigenvalue weighted by molar-refractivity contribution is 9.10. The quantitative estimate of drug-likeness (QED) is 0.267. The fourth-order valence-corrected chi connectivity index (χ4v) is 3.95. The second-order valence-corrected chi connectivity index (χ2v) is 8.45. The van der Waals surface area contributed by atoms with Gasteiger partial charge in [0.1, 0.15) is 5.25 Å². The Kier molecular flexibility index (Phi) is 7.18. The Balaban J connectivity index is 1.69. The van der Waals surface area contributed by atoms with Gasteiger partial charge in [-0.3, -0.25) is 9.59 Å². The molecule has 0 radical (unpaired) electrons. The Hall–Kier alpha value is -3.05. The summed E-state index contributed by atoms with van der Waals surface area (Å²) in [5.41, 5.74) is 6.95. The van der Waals surface area contributed by atoms with Gasteiger partial charge in [0, 0.05) is 16.5 Å². The van der Waals surface area contributed by atoms with Crippen LogP contribution < -0.4 is 20.1 Å². The van der Waals surface area contributed by atoms with Gasteiger partial charge in [0.05, 0.1) is 26.1 Å². The zero-order valence-corrected chi connectivity index (χ0v) is 19.0. The lowest BCUT2D eigenvalue weighted by molar-refractivity contribution is -0.121. The first kappa shape index (κ1) is 22.6. The number of methoxy groups -OCH3 is 2. The minimum absolute atomic E-state index is 0.0197. The fraction of sp³-hybridized carbons (Fsp3) is 0.200. The number of imide groups is 1. The van der Waals surface area contributed by atoms with Crippen molar-refractivity contribution in [1.82, 2.24) is 0 Å². The summed E-state index contributed by atoms with van der Waals surface area (Å²) in [5, 5.41) is 17.1. The van der Waals surface area contributed by atoms with Crippen LogP contribution in [0.3, 0.4) is 0 Å². The number of halogens is 1. The van der Waals surface area contributed by atoms with E-state index in [2.05, 4.69) is 26.1 Å². The van der Waals surface area contributed by atoms with E-state index in [1.54, 1.807) is 36.4 Å². The highest BCUT2D eigenvalue weighted by Gasteiger charge is 2.40. The second-order valence-electron chi connectivity index (χ2n) is 6.31. The number of thioether (sulfide) groups is 1. The molecule has 3 N–H and O–H groups in total. The molecule has 2 amide bonds. The number of amidine groups is 1. The van der Waals surface area contributed by atoms with E-state index in [0.717, 1.165) is 21.1 Å². The van der Waals surface area contributed by atoms with Gasteiger partial charge in [0.25, 0.3) is 0 Å². The number of anilines is 1. The minimum Gasteiger partial charge on any atom is -0.502 e. The third-order valence-corrected chi connectivity index (χ3v) is 5.82. The maximum atomic E-state index is 12.7. The van der Waals surface area contributed by atoms with Gasteiger partial charge in [-0.1, -0.05) is 27.7 Å². The molecule has 11 heteroatoms. The Bertz CT molecular complexity index is 1030. The number of nitrogens with two attached hydrogens (primary N) is 1. The highest BCUT2D eigenvalue weighted by Crippen LogP contribution is 2.36. The molecule has 1 heterocycles. The normalized spacial score (nSPS) is 16.9. The van der Waals surface area contributed by atoms with Gasteiger partial charge in [0.2, 0.25) is 17.6 Å². The number of carbonyl (C=O) groups excluding carboxylic acids is 2. The highest BCUT2D eigenvalue weighted by atomic mass is 79.9. The van der Waals surface area contributed by atoms with Crippen LogP contribution in [-0.4, -0.2) is 47.8 Å². The summed E-state index contributed by atoms with van der Waals surface area (Å²) in [6.45, 7) is 0. The smallest absolute Gasteiger partial charge is 0.247 e. The van der Waals surface area contributed by atoms with Gasteiger partial charge in [-0.05, 0) is 36.4 Å². The zero-order chi connectivity index (χ0) is 22.5. The molecule has 1 saturated heterocycles. The summed E-state index contributed by atoms with van der Waals surface area (Å²) in [6, 6.07) is 10.00. The average Bonchev–Trinajstić information content (AvgIpc) is 3.02. The van der Waals surface area contributed by atoms with Crippen LogP contribution in [0.25, 0.3) is 0 Å². The number of nitrogens with zero attached hydrogens (tertiary/aromatic N) is 3. The molecule has 9 nitrogen and oxygen atoms in total. The van der Waals surface area contributed by atoms with Crippen molar-refractivity contribution in [3.8, 4) is 17.2 Å². The van der Waals surface area contributed by atoms with Crippen LogP contribution in [0.2, 0.25) is 0 Å². The first-order valence-corrected chi connectivity index (χ1v) is 10.6. The van der Waals surface area contributed by atoms with Gasteiger partial charge in [0.15, 0.2) is 16.7 Å². The standard InChI is InChI=1S/C20H19BrN4O5S/c1-29-14-7-11(8-15(30-2)18(14)27)10-23-24-20(22)31-16-9-17(26)25(19(16)28)13-5-3-12(21)4-6-13/h3-8,10,16,27H,9H2,1-2H3,(H2,22,24)/b23-10+. The van der Waals surface area contributed by atoms with Gasteiger partial charge in [-0.25, -0.2) is 4.90 Å². The van der Waals surface area contributed by atoms with Crippen molar-refractivity contribution >= 4 is 56.6 Å². The minimum atomic E-state index is -0.677. The van der Waals surface area contributed by atoms with E-state index in [1.807, 2.05) is 0 Å². The van der Waals surface area contributed by atoms with Gasteiger partial charge in [-0.2, -0.15) is 5.10 Å². The summed E-state index contributed by atoms with van der Waals surface area (Å²) in [4.78, 5) is 26.2.